The molecule has 176 valence electrons. The van der Waals surface area contributed by atoms with Crippen LogP contribution in [0.25, 0.3) is 11.6 Å². The Morgan fingerprint density at radius 2 is 1.88 bits per heavy atom. The Morgan fingerprint density at radius 1 is 1.25 bits per heavy atom. The lowest BCUT2D eigenvalue weighted by atomic mass is 9.93. The molecule has 2 fully saturated rings. The summed E-state index contributed by atoms with van der Waals surface area (Å²) in [6, 6.07) is 0.830. The first-order valence-corrected chi connectivity index (χ1v) is 12.6. The summed E-state index contributed by atoms with van der Waals surface area (Å²) in [5.74, 6) is 1.72. The number of nitrogens with one attached hydrogen (secondary N) is 1. The Labute approximate surface area is 205 Å². The average molecular weight is 525 g/mol. The summed E-state index contributed by atoms with van der Waals surface area (Å²) in [6.45, 7) is 12.4. The van der Waals surface area contributed by atoms with E-state index in [0.717, 1.165) is 78.6 Å². The van der Waals surface area contributed by atoms with Crippen molar-refractivity contribution in [1.29, 1.82) is 5.41 Å². The zero-order chi connectivity index (χ0) is 23.4. The Hall–Kier alpha value is -1.28. The molecule has 8 heteroatoms. The van der Waals surface area contributed by atoms with Gasteiger partial charge in [-0.2, -0.15) is 4.98 Å². The van der Waals surface area contributed by atoms with Crippen LogP contribution in [0.2, 0.25) is 5.28 Å². The number of fused-ring (bicyclic) bond motifs is 3. The molecule has 0 amide bonds. The van der Waals surface area contributed by atoms with Gasteiger partial charge in [0.15, 0.2) is 0 Å². The predicted molar refractivity (Wildman–Crippen MR) is 138 cm³/mol. The van der Waals surface area contributed by atoms with Crippen LogP contribution >= 0.6 is 27.5 Å². The van der Waals surface area contributed by atoms with Crippen LogP contribution in [-0.4, -0.2) is 66.0 Å². The van der Waals surface area contributed by atoms with Gasteiger partial charge in [-0.05, 0) is 65.7 Å². The van der Waals surface area contributed by atoms with Crippen LogP contribution in [0.3, 0.4) is 0 Å². The van der Waals surface area contributed by atoms with Gasteiger partial charge < -0.3 is 9.64 Å². The van der Waals surface area contributed by atoms with Gasteiger partial charge in [0.05, 0.1) is 17.0 Å². The standard InChI is InChI=1S/C20H25BrClN5O.C4H10/c1-3-14-17-16(9-15(21)18(14)23)24-20(22)25-19(17)27-12-5-6-13(27)11-26(10-12)7-4-8-28-2;1-4(2)3/h3,9,12-13,23H,4-8,10-11H2,1-2H3;4H,1-3H3/b14-3-,23-18?;. The number of methoxy groups -OCH3 is 1. The van der Waals surface area contributed by atoms with Crippen molar-refractivity contribution in [1.82, 2.24) is 14.9 Å². The predicted octanol–water partition coefficient (Wildman–Crippen LogP) is 5.65. The quantitative estimate of drug-likeness (QED) is 0.398. The number of piperazine rings is 1. The summed E-state index contributed by atoms with van der Waals surface area (Å²) in [5, 5.41) is 8.74. The van der Waals surface area contributed by atoms with Crippen molar-refractivity contribution >= 4 is 50.7 Å². The molecule has 0 radical (unpaired) electrons. The number of allylic oxidation sites excluding steroid dienone is 3. The van der Waals surface area contributed by atoms with E-state index in [2.05, 4.69) is 56.5 Å². The second kappa shape index (κ2) is 11.2. The third-order valence-electron chi connectivity index (χ3n) is 5.85. The highest BCUT2D eigenvalue weighted by atomic mass is 79.9. The zero-order valence-electron chi connectivity index (χ0n) is 19.8. The minimum Gasteiger partial charge on any atom is -0.385 e. The number of hydrogen-bond donors (Lipinski definition) is 1. The van der Waals surface area contributed by atoms with E-state index in [4.69, 9.17) is 21.7 Å². The molecule has 0 spiro atoms. The molecule has 1 aromatic heterocycles. The van der Waals surface area contributed by atoms with Gasteiger partial charge in [-0.15, -0.1) is 0 Å². The molecule has 3 aliphatic rings. The first-order valence-electron chi connectivity index (χ1n) is 11.5. The fourth-order valence-corrected chi connectivity index (χ4v) is 5.28. The van der Waals surface area contributed by atoms with Crippen molar-refractivity contribution in [2.45, 2.75) is 59.0 Å². The maximum Gasteiger partial charge on any atom is 0.224 e. The molecule has 2 saturated heterocycles. The molecule has 0 aromatic carbocycles. The van der Waals surface area contributed by atoms with E-state index in [-0.39, 0.29) is 5.28 Å². The molecular formula is C24H35BrClN5O. The smallest absolute Gasteiger partial charge is 0.224 e. The maximum absolute atomic E-state index is 8.48. The van der Waals surface area contributed by atoms with Crippen LogP contribution in [0.4, 0.5) is 5.82 Å². The van der Waals surface area contributed by atoms with Crippen LogP contribution in [-0.2, 0) is 4.74 Å². The lowest BCUT2D eigenvalue weighted by Gasteiger charge is -2.43. The normalized spacial score (nSPS) is 23.9. The van der Waals surface area contributed by atoms with E-state index in [9.17, 15) is 0 Å². The SMILES string of the molecule is C/C=C1\C(=N)C(Br)=Cc2nc(Cl)nc(N3C4CCC3CN(CCCOC)C4)c21.CC(C)C. The topological polar surface area (TPSA) is 65.3 Å². The van der Waals surface area contributed by atoms with Gasteiger partial charge >= 0.3 is 0 Å². The number of ether oxygens (including phenoxy) is 1. The molecule has 1 aliphatic carbocycles. The van der Waals surface area contributed by atoms with Crippen LogP contribution < -0.4 is 4.90 Å². The monoisotopic (exact) mass is 523 g/mol. The summed E-state index contributed by atoms with van der Waals surface area (Å²) in [5.41, 5.74) is 3.04. The Bertz CT molecular complexity index is 884. The lowest BCUT2D eigenvalue weighted by molar-refractivity contribution is 0.159. The molecule has 32 heavy (non-hydrogen) atoms. The van der Waals surface area contributed by atoms with Gasteiger partial charge in [-0.1, -0.05) is 26.8 Å². The van der Waals surface area contributed by atoms with Gasteiger partial charge in [-0.3, -0.25) is 10.3 Å². The number of anilines is 1. The molecule has 1 aromatic rings. The molecule has 4 rings (SSSR count). The van der Waals surface area contributed by atoms with E-state index in [1.54, 1.807) is 7.11 Å². The Morgan fingerprint density at radius 3 is 2.44 bits per heavy atom. The minimum atomic E-state index is 0.260. The second-order valence-corrected chi connectivity index (χ2v) is 10.5. The van der Waals surface area contributed by atoms with Crippen LogP contribution in [0.1, 0.15) is 58.2 Å². The van der Waals surface area contributed by atoms with E-state index in [0.29, 0.717) is 17.8 Å². The Balaban J connectivity index is 0.000000668. The molecule has 2 aliphatic heterocycles. The molecule has 0 saturated carbocycles. The highest BCUT2D eigenvalue weighted by Gasteiger charge is 2.42. The fourth-order valence-electron chi connectivity index (χ4n) is 4.67. The number of rotatable bonds is 5. The van der Waals surface area contributed by atoms with Gasteiger partial charge in [0.25, 0.3) is 0 Å². The third kappa shape index (κ3) is 5.61. The van der Waals surface area contributed by atoms with Gasteiger partial charge in [-0.25, -0.2) is 4.98 Å². The lowest BCUT2D eigenvalue weighted by Crippen LogP contribution is -2.54. The number of aromatic nitrogens is 2. The number of nitrogens with zero attached hydrogens (tertiary/aromatic N) is 4. The molecule has 1 N–H and O–H groups in total. The summed E-state index contributed by atoms with van der Waals surface area (Å²) in [6.07, 6.45) is 7.22. The first-order chi connectivity index (χ1) is 15.3. The fraction of sp³-hybridized carbons (Fsp3) is 0.625. The van der Waals surface area contributed by atoms with Crippen LogP contribution in [0.15, 0.2) is 10.6 Å². The zero-order valence-corrected chi connectivity index (χ0v) is 22.1. The summed E-state index contributed by atoms with van der Waals surface area (Å²) >= 11 is 9.80. The van der Waals surface area contributed by atoms with E-state index >= 15 is 0 Å². The largest absolute Gasteiger partial charge is 0.385 e. The van der Waals surface area contributed by atoms with Crippen molar-refractivity contribution in [3.8, 4) is 0 Å². The number of halogens is 2. The number of hydrogen-bond acceptors (Lipinski definition) is 6. The van der Waals surface area contributed by atoms with Gasteiger partial charge in [0.2, 0.25) is 5.28 Å². The molecule has 6 nitrogen and oxygen atoms in total. The molecule has 2 atom stereocenters. The highest BCUT2D eigenvalue weighted by molar-refractivity contribution is 9.12. The minimum absolute atomic E-state index is 0.260. The molecule has 3 heterocycles. The van der Waals surface area contributed by atoms with Crippen molar-refractivity contribution in [3.63, 3.8) is 0 Å². The number of likely N-dealkylation sites (tertiary alicyclic amines) is 1. The summed E-state index contributed by atoms with van der Waals surface area (Å²) in [4.78, 5) is 14.1. The maximum atomic E-state index is 8.48. The van der Waals surface area contributed by atoms with Crippen LogP contribution in [0.5, 0.6) is 0 Å². The summed E-state index contributed by atoms with van der Waals surface area (Å²) in [7, 11) is 1.76. The summed E-state index contributed by atoms with van der Waals surface area (Å²) < 4.78 is 5.93. The van der Waals surface area contributed by atoms with Crippen LogP contribution in [0, 0.1) is 11.3 Å². The molecular weight excluding hydrogens is 490 g/mol. The van der Waals surface area contributed by atoms with E-state index in [1.165, 1.54) is 0 Å². The highest BCUT2D eigenvalue weighted by Crippen LogP contribution is 2.42. The van der Waals surface area contributed by atoms with E-state index in [1.807, 2.05) is 19.1 Å². The van der Waals surface area contributed by atoms with Gasteiger partial charge in [0, 0.05) is 55.5 Å². The van der Waals surface area contributed by atoms with Crippen molar-refractivity contribution in [2.24, 2.45) is 5.92 Å². The Kier molecular flexibility index (Phi) is 8.90. The second-order valence-electron chi connectivity index (χ2n) is 9.28. The molecule has 2 bridgehead atoms. The average Bonchev–Trinajstić information content (AvgIpc) is 2.98. The molecule has 2 unspecified atom stereocenters. The van der Waals surface area contributed by atoms with Crippen molar-refractivity contribution < 1.29 is 4.74 Å². The first kappa shape index (κ1) is 25.3. The van der Waals surface area contributed by atoms with Gasteiger partial charge in [0.1, 0.15) is 5.82 Å². The van der Waals surface area contributed by atoms with Crippen molar-refractivity contribution in [3.05, 3.63) is 27.1 Å². The van der Waals surface area contributed by atoms with E-state index < -0.39 is 0 Å². The third-order valence-corrected chi connectivity index (χ3v) is 6.64. The van der Waals surface area contributed by atoms with Crippen molar-refractivity contribution in [2.75, 3.05) is 38.3 Å².